The highest BCUT2D eigenvalue weighted by Gasteiger charge is 2.29. The first-order valence-corrected chi connectivity index (χ1v) is 7.12. The molecule has 0 aromatic heterocycles. The molecule has 1 aliphatic heterocycles. The molecule has 1 aromatic rings. The highest BCUT2D eigenvalue weighted by Crippen LogP contribution is 2.30. The Labute approximate surface area is 122 Å². The fourth-order valence-corrected chi connectivity index (χ4v) is 2.70. The number of ether oxygens (including phenoxy) is 1. The molecule has 0 spiro atoms. The van der Waals surface area contributed by atoms with Crippen LogP contribution in [0.5, 0.6) is 5.75 Å². The van der Waals surface area contributed by atoms with E-state index in [1.54, 1.807) is 7.11 Å². The van der Waals surface area contributed by atoms with Crippen molar-refractivity contribution in [2.75, 3.05) is 26.7 Å². The second kappa shape index (κ2) is 6.30. The molecule has 0 amide bonds. The highest BCUT2D eigenvalue weighted by molar-refractivity contribution is 5.45. The van der Waals surface area contributed by atoms with E-state index in [4.69, 9.17) is 10.5 Å². The molecule has 108 valence electrons. The molecule has 1 heterocycles. The van der Waals surface area contributed by atoms with E-state index in [1.807, 2.05) is 12.1 Å². The first kappa shape index (κ1) is 14.9. The van der Waals surface area contributed by atoms with E-state index in [2.05, 4.69) is 36.7 Å². The molecule has 1 aromatic carbocycles. The maximum atomic E-state index is 5.47. The summed E-state index contributed by atoms with van der Waals surface area (Å²) in [6.45, 7) is 8.25. The number of nitrogens with zero attached hydrogens (tertiary/aromatic N) is 1. The number of hydrogen-bond acceptors (Lipinski definition) is 3. The molecule has 0 saturated carbocycles. The molecule has 1 aliphatic rings. The van der Waals surface area contributed by atoms with Gasteiger partial charge >= 0.3 is 0 Å². The van der Waals surface area contributed by atoms with Crippen LogP contribution >= 0.6 is 0 Å². The summed E-state index contributed by atoms with van der Waals surface area (Å²) in [6, 6.07) is 6.07. The van der Waals surface area contributed by atoms with Gasteiger partial charge in [-0.05, 0) is 42.1 Å². The Hall–Kier alpha value is -1.50. The Morgan fingerprint density at radius 3 is 2.80 bits per heavy atom. The molecule has 0 radical (unpaired) electrons. The van der Waals surface area contributed by atoms with Gasteiger partial charge < -0.3 is 10.5 Å². The Balaban J connectivity index is 2.20. The minimum Gasteiger partial charge on any atom is -0.497 e. The van der Waals surface area contributed by atoms with Gasteiger partial charge in [0.05, 0.1) is 13.7 Å². The first-order valence-electron chi connectivity index (χ1n) is 7.12. The monoisotopic (exact) mass is 272 g/mol. The van der Waals surface area contributed by atoms with Crippen molar-refractivity contribution in [1.82, 2.24) is 4.90 Å². The lowest BCUT2D eigenvalue weighted by atomic mass is 9.93. The van der Waals surface area contributed by atoms with Gasteiger partial charge in [0.2, 0.25) is 0 Å². The Bertz CT molecular complexity index is 526. The maximum absolute atomic E-state index is 5.47. The van der Waals surface area contributed by atoms with Gasteiger partial charge in [-0.1, -0.05) is 25.7 Å². The van der Waals surface area contributed by atoms with Crippen LogP contribution in [0, 0.1) is 17.3 Å². The summed E-state index contributed by atoms with van der Waals surface area (Å²) in [6.07, 6.45) is 1.25. The third-order valence-electron chi connectivity index (χ3n) is 3.79. The zero-order valence-corrected chi connectivity index (χ0v) is 12.7. The molecule has 3 heteroatoms. The van der Waals surface area contributed by atoms with Crippen molar-refractivity contribution in [3.63, 3.8) is 0 Å². The smallest absolute Gasteiger partial charge is 0.119 e. The van der Waals surface area contributed by atoms with E-state index in [0.29, 0.717) is 12.0 Å². The third-order valence-corrected chi connectivity index (χ3v) is 3.79. The van der Waals surface area contributed by atoms with Gasteiger partial charge in [0.1, 0.15) is 5.75 Å². The van der Waals surface area contributed by atoms with Crippen LogP contribution in [-0.4, -0.2) is 31.6 Å². The summed E-state index contributed by atoms with van der Waals surface area (Å²) < 4.78 is 5.33. The average molecular weight is 272 g/mol. The first-order chi connectivity index (χ1) is 9.54. The molecule has 3 nitrogen and oxygen atoms in total. The molecule has 1 saturated heterocycles. The summed E-state index contributed by atoms with van der Waals surface area (Å²) in [4.78, 5) is 2.49. The number of rotatable bonds is 3. The molecule has 1 fully saturated rings. The summed E-state index contributed by atoms with van der Waals surface area (Å²) in [5.74, 6) is 6.99. The van der Waals surface area contributed by atoms with Crippen molar-refractivity contribution in [1.29, 1.82) is 0 Å². The second-order valence-corrected chi connectivity index (χ2v) is 6.15. The number of hydrogen-bond donors (Lipinski definition) is 1. The zero-order valence-electron chi connectivity index (χ0n) is 12.7. The van der Waals surface area contributed by atoms with Crippen molar-refractivity contribution < 1.29 is 4.74 Å². The predicted molar refractivity (Wildman–Crippen MR) is 82.6 cm³/mol. The van der Waals surface area contributed by atoms with Crippen molar-refractivity contribution in [2.24, 2.45) is 11.1 Å². The molecule has 0 bridgehead atoms. The Morgan fingerprint density at radius 1 is 1.40 bits per heavy atom. The van der Waals surface area contributed by atoms with Gasteiger partial charge in [0.15, 0.2) is 0 Å². The fourth-order valence-electron chi connectivity index (χ4n) is 2.70. The largest absolute Gasteiger partial charge is 0.497 e. The molecule has 0 aliphatic carbocycles. The summed E-state index contributed by atoms with van der Waals surface area (Å²) in [5, 5.41) is 0. The van der Waals surface area contributed by atoms with E-state index >= 15 is 0 Å². The number of benzene rings is 1. The van der Waals surface area contributed by atoms with Crippen LogP contribution in [0.3, 0.4) is 0 Å². The number of likely N-dealkylation sites (tertiary alicyclic amines) is 1. The topological polar surface area (TPSA) is 38.5 Å². The van der Waals surface area contributed by atoms with Gasteiger partial charge in [0, 0.05) is 18.7 Å². The molecule has 0 atom stereocenters. The van der Waals surface area contributed by atoms with Crippen molar-refractivity contribution in [2.45, 2.75) is 26.8 Å². The Kier molecular flexibility index (Phi) is 4.69. The second-order valence-electron chi connectivity index (χ2n) is 6.15. The molecule has 2 N–H and O–H groups in total. The quantitative estimate of drug-likeness (QED) is 0.858. The fraction of sp³-hybridized carbons (Fsp3) is 0.529. The van der Waals surface area contributed by atoms with Crippen LogP contribution in [0.2, 0.25) is 0 Å². The van der Waals surface area contributed by atoms with Crippen LogP contribution in [0.1, 0.15) is 31.4 Å². The van der Waals surface area contributed by atoms with E-state index in [9.17, 15) is 0 Å². The lowest BCUT2D eigenvalue weighted by Gasteiger charge is -2.20. The lowest BCUT2D eigenvalue weighted by Crippen LogP contribution is -2.23. The van der Waals surface area contributed by atoms with Crippen molar-refractivity contribution in [3.05, 3.63) is 29.3 Å². The summed E-state index contributed by atoms with van der Waals surface area (Å²) >= 11 is 0. The van der Waals surface area contributed by atoms with E-state index < -0.39 is 0 Å². The molecule has 0 unspecified atom stereocenters. The van der Waals surface area contributed by atoms with E-state index in [0.717, 1.165) is 30.9 Å². The minimum absolute atomic E-state index is 0.391. The summed E-state index contributed by atoms with van der Waals surface area (Å²) in [7, 11) is 1.70. The molecule has 20 heavy (non-hydrogen) atoms. The minimum atomic E-state index is 0.391. The standard InChI is InChI=1S/C17H24N2O/c1-17(2)8-10-19(13-17)12-15-11-16(20-3)7-6-14(15)5-4-9-18/h6-7,11H,8-10,12-13,18H2,1-3H3. The molecular formula is C17H24N2O. The highest BCUT2D eigenvalue weighted by atomic mass is 16.5. The number of methoxy groups -OCH3 is 1. The molecule has 2 rings (SSSR count). The normalized spacial score (nSPS) is 17.6. The van der Waals surface area contributed by atoms with Gasteiger partial charge in [-0.15, -0.1) is 0 Å². The van der Waals surface area contributed by atoms with Gasteiger partial charge in [-0.25, -0.2) is 0 Å². The van der Waals surface area contributed by atoms with Crippen LogP contribution in [0.25, 0.3) is 0 Å². The van der Waals surface area contributed by atoms with Crippen LogP contribution in [0.4, 0.5) is 0 Å². The van der Waals surface area contributed by atoms with Gasteiger partial charge in [-0.2, -0.15) is 0 Å². The van der Waals surface area contributed by atoms with Crippen LogP contribution < -0.4 is 10.5 Å². The number of nitrogens with two attached hydrogens (primary N) is 1. The summed E-state index contributed by atoms with van der Waals surface area (Å²) in [5.41, 5.74) is 8.17. The lowest BCUT2D eigenvalue weighted by molar-refractivity contribution is 0.284. The van der Waals surface area contributed by atoms with Crippen molar-refractivity contribution in [3.8, 4) is 17.6 Å². The molecular weight excluding hydrogens is 248 g/mol. The SMILES string of the molecule is COc1ccc(C#CCN)c(CN2CCC(C)(C)C2)c1. The van der Waals surface area contributed by atoms with Crippen LogP contribution in [0.15, 0.2) is 18.2 Å². The van der Waals surface area contributed by atoms with E-state index in [1.165, 1.54) is 12.0 Å². The van der Waals surface area contributed by atoms with Gasteiger partial charge in [0.25, 0.3) is 0 Å². The van der Waals surface area contributed by atoms with Crippen molar-refractivity contribution >= 4 is 0 Å². The van der Waals surface area contributed by atoms with E-state index in [-0.39, 0.29) is 0 Å². The Morgan fingerprint density at radius 2 is 2.20 bits per heavy atom. The maximum Gasteiger partial charge on any atom is 0.119 e. The average Bonchev–Trinajstić information content (AvgIpc) is 2.76. The van der Waals surface area contributed by atoms with Crippen LogP contribution in [-0.2, 0) is 6.54 Å². The zero-order chi connectivity index (χ0) is 14.6. The third kappa shape index (κ3) is 3.75. The predicted octanol–water partition coefficient (Wildman–Crippen LogP) is 2.24. The van der Waals surface area contributed by atoms with Gasteiger partial charge in [-0.3, -0.25) is 4.90 Å².